The summed E-state index contributed by atoms with van der Waals surface area (Å²) in [5.74, 6) is 6.09. The van der Waals surface area contributed by atoms with Gasteiger partial charge < -0.3 is 15.8 Å². The van der Waals surface area contributed by atoms with Crippen LogP contribution < -0.4 is 16.6 Å². The zero-order valence-corrected chi connectivity index (χ0v) is 9.94. The van der Waals surface area contributed by atoms with Crippen molar-refractivity contribution >= 4 is 34.8 Å². The maximum absolute atomic E-state index is 9.19. The second-order valence-corrected chi connectivity index (χ2v) is 4.67. The molecule has 5 nitrogen and oxygen atoms in total. The van der Waals surface area contributed by atoms with Crippen molar-refractivity contribution in [2.75, 3.05) is 17.3 Å². The molecular formula is C9H12Cl2N4O. The van der Waals surface area contributed by atoms with E-state index in [1.807, 2.05) is 0 Å². The van der Waals surface area contributed by atoms with Crippen molar-refractivity contribution in [1.29, 1.82) is 0 Å². The lowest BCUT2D eigenvalue weighted by Crippen LogP contribution is -2.26. The van der Waals surface area contributed by atoms with E-state index in [4.69, 9.17) is 29.0 Å². The number of nitrogens with one attached hydrogen (secondary N) is 2. The first kappa shape index (κ1) is 11.7. The Hall–Kier alpha value is -0.750. The summed E-state index contributed by atoms with van der Waals surface area (Å²) in [4.78, 5) is 4.14. The van der Waals surface area contributed by atoms with E-state index in [1.165, 1.54) is 0 Å². The monoisotopic (exact) mass is 262 g/mol. The zero-order chi connectivity index (χ0) is 11.8. The Labute approximate surface area is 103 Å². The highest BCUT2D eigenvalue weighted by atomic mass is 35.5. The molecule has 1 heterocycles. The van der Waals surface area contributed by atoms with Crippen molar-refractivity contribution in [2.45, 2.75) is 18.4 Å². The Morgan fingerprint density at radius 2 is 2.00 bits per heavy atom. The Bertz CT molecular complexity index is 409. The summed E-state index contributed by atoms with van der Waals surface area (Å²) in [5, 5.41) is 13.1. The van der Waals surface area contributed by atoms with Gasteiger partial charge >= 0.3 is 0 Å². The van der Waals surface area contributed by atoms with Crippen LogP contribution in [0.1, 0.15) is 12.8 Å². The van der Waals surface area contributed by atoms with Gasteiger partial charge in [0.15, 0.2) is 5.82 Å². The van der Waals surface area contributed by atoms with E-state index in [9.17, 15) is 5.11 Å². The molecule has 0 spiro atoms. The van der Waals surface area contributed by atoms with Crippen LogP contribution in [0.15, 0.2) is 6.07 Å². The van der Waals surface area contributed by atoms with Crippen LogP contribution in [0.5, 0.6) is 0 Å². The molecule has 0 unspecified atom stereocenters. The highest BCUT2D eigenvalue weighted by molar-refractivity contribution is 6.37. The number of aliphatic hydroxyl groups excluding tert-OH is 1. The molecule has 0 aromatic carbocycles. The lowest BCUT2D eigenvalue weighted by molar-refractivity contribution is 0.266. The number of pyridine rings is 1. The summed E-state index contributed by atoms with van der Waals surface area (Å²) >= 11 is 11.8. The number of rotatable bonds is 4. The molecule has 7 heteroatoms. The van der Waals surface area contributed by atoms with Crippen LogP contribution in [0.3, 0.4) is 0 Å². The summed E-state index contributed by atoms with van der Waals surface area (Å²) < 4.78 is 0. The average molecular weight is 263 g/mol. The van der Waals surface area contributed by atoms with Gasteiger partial charge in [0.25, 0.3) is 0 Å². The van der Waals surface area contributed by atoms with Gasteiger partial charge in [-0.25, -0.2) is 10.8 Å². The molecule has 1 aliphatic carbocycles. The summed E-state index contributed by atoms with van der Waals surface area (Å²) in [5.41, 5.74) is 2.10. The molecule has 0 bridgehead atoms. The zero-order valence-electron chi connectivity index (χ0n) is 8.43. The van der Waals surface area contributed by atoms with E-state index >= 15 is 0 Å². The van der Waals surface area contributed by atoms with Gasteiger partial charge in [0.1, 0.15) is 5.82 Å². The number of nitrogen functional groups attached to an aromatic ring is 1. The van der Waals surface area contributed by atoms with Gasteiger partial charge in [-0.15, -0.1) is 0 Å². The minimum Gasteiger partial charge on any atom is -0.394 e. The van der Waals surface area contributed by atoms with Gasteiger partial charge in [-0.05, 0) is 18.9 Å². The Morgan fingerprint density at radius 1 is 1.38 bits per heavy atom. The molecule has 88 valence electrons. The molecule has 2 rings (SSSR count). The highest BCUT2D eigenvalue weighted by Gasteiger charge is 2.42. The molecular weight excluding hydrogens is 251 g/mol. The Kier molecular flexibility index (Phi) is 3.12. The van der Waals surface area contributed by atoms with Crippen molar-refractivity contribution < 1.29 is 5.11 Å². The molecule has 1 aromatic rings. The van der Waals surface area contributed by atoms with Crippen molar-refractivity contribution in [3.05, 3.63) is 16.1 Å². The number of anilines is 2. The van der Waals surface area contributed by atoms with Gasteiger partial charge in [-0.2, -0.15) is 0 Å². The first-order chi connectivity index (χ1) is 7.60. The highest BCUT2D eigenvalue weighted by Crippen LogP contribution is 2.40. The Balaban J connectivity index is 2.26. The molecule has 1 saturated carbocycles. The third kappa shape index (κ3) is 2.17. The minimum atomic E-state index is -0.281. The largest absolute Gasteiger partial charge is 0.394 e. The molecule has 0 atom stereocenters. The number of hydrogen-bond acceptors (Lipinski definition) is 5. The van der Waals surface area contributed by atoms with Crippen molar-refractivity contribution in [2.24, 2.45) is 5.84 Å². The van der Waals surface area contributed by atoms with E-state index in [0.29, 0.717) is 21.7 Å². The predicted octanol–water partition coefficient (Wildman–Crippen LogP) is 1.61. The molecule has 0 aliphatic heterocycles. The molecule has 1 fully saturated rings. The smallest absolute Gasteiger partial charge is 0.161 e. The van der Waals surface area contributed by atoms with E-state index in [-0.39, 0.29) is 12.1 Å². The lowest BCUT2D eigenvalue weighted by atomic mass is 10.3. The maximum Gasteiger partial charge on any atom is 0.161 e. The number of hydrazine groups is 1. The number of nitrogens with zero attached hydrogens (tertiary/aromatic N) is 1. The van der Waals surface area contributed by atoms with Crippen LogP contribution >= 0.6 is 23.2 Å². The quantitative estimate of drug-likeness (QED) is 0.490. The minimum absolute atomic E-state index is 0.0546. The topological polar surface area (TPSA) is 83.2 Å². The fourth-order valence-corrected chi connectivity index (χ4v) is 1.84. The van der Waals surface area contributed by atoms with Gasteiger partial charge in [0, 0.05) is 0 Å². The summed E-state index contributed by atoms with van der Waals surface area (Å²) in [7, 11) is 0. The molecule has 0 saturated heterocycles. The van der Waals surface area contributed by atoms with E-state index < -0.39 is 0 Å². The number of hydrogen-bond donors (Lipinski definition) is 4. The summed E-state index contributed by atoms with van der Waals surface area (Å²) in [6.45, 7) is 0.0546. The van der Waals surface area contributed by atoms with E-state index in [1.54, 1.807) is 6.07 Å². The lowest BCUT2D eigenvalue weighted by Gasteiger charge is -2.17. The molecule has 5 N–H and O–H groups in total. The van der Waals surface area contributed by atoms with Crippen LogP contribution in [-0.4, -0.2) is 22.2 Å². The molecule has 1 aliphatic rings. The molecule has 0 amide bonds. The van der Waals surface area contributed by atoms with Gasteiger partial charge in [-0.3, -0.25) is 0 Å². The average Bonchev–Trinajstić information content (AvgIpc) is 3.03. The maximum atomic E-state index is 9.19. The van der Waals surface area contributed by atoms with Crippen LogP contribution in [0, 0.1) is 0 Å². The fourth-order valence-electron chi connectivity index (χ4n) is 1.38. The SMILES string of the molecule is NNc1nc(NC2(CO)CC2)c(Cl)cc1Cl. The van der Waals surface area contributed by atoms with Crippen molar-refractivity contribution in [3.63, 3.8) is 0 Å². The number of aliphatic hydroxyl groups is 1. The molecule has 1 aromatic heterocycles. The molecule has 16 heavy (non-hydrogen) atoms. The van der Waals surface area contributed by atoms with Gasteiger partial charge in [-0.1, -0.05) is 23.2 Å². The first-order valence-corrected chi connectivity index (χ1v) is 5.57. The van der Waals surface area contributed by atoms with Crippen LogP contribution in [0.4, 0.5) is 11.6 Å². The third-order valence-electron chi connectivity index (χ3n) is 2.61. The van der Waals surface area contributed by atoms with E-state index in [0.717, 1.165) is 12.8 Å². The first-order valence-electron chi connectivity index (χ1n) is 4.82. The van der Waals surface area contributed by atoms with Crippen molar-refractivity contribution in [1.82, 2.24) is 4.98 Å². The Morgan fingerprint density at radius 3 is 2.50 bits per heavy atom. The molecule has 0 radical (unpaired) electrons. The number of nitrogens with two attached hydrogens (primary N) is 1. The van der Waals surface area contributed by atoms with Crippen LogP contribution in [0.2, 0.25) is 10.0 Å². The van der Waals surface area contributed by atoms with Gasteiger partial charge in [0.2, 0.25) is 0 Å². The third-order valence-corrected chi connectivity index (χ3v) is 3.18. The summed E-state index contributed by atoms with van der Waals surface area (Å²) in [6.07, 6.45) is 1.80. The summed E-state index contributed by atoms with van der Waals surface area (Å²) in [6, 6.07) is 1.56. The second-order valence-electron chi connectivity index (χ2n) is 3.86. The fraction of sp³-hybridized carbons (Fsp3) is 0.444. The second kappa shape index (κ2) is 4.25. The number of halogens is 2. The van der Waals surface area contributed by atoms with Crippen molar-refractivity contribution in [3.8, 4) is 0 Å². The van der Waals surface area contributed by atoms with E-state index in [2.05, 4.69) is 15.7 Å². The standard InChI is InChI=1S/C9H12Cl2N4O/c10-5-3-6(11)8(15-12)13-7(5)14-9(4-16)1-2-9/h3,16H,1-2,4,12H2,(H2,13,14,15). The van der Waals surface area contributed by atoms with Crippen LogP contribution in [0.25, 0.3) is 0 Å². The normalized spacial score (nSPS) is 17.0. The van der Waals surface area contributed by atoms with Gasteiger partial charge in [0.05, 0.1) is 22.2 Å². The number of aromatic nitrogens is 1. The predicted molar refractivity (Wildman–Crippen MR) is 64.7 cm³/mol. The van der Waals surface area contributed by atoms with Crippen LogP contribution in [-0.2, 0) is 0 Å².